The van der Waals surface area contributed by atoms with E-state index in [1.54, 1.807) is 11.3 Å². The molecule has 0 aliphatic rings. The Labute approximate surface area is 239 Å². The van der Waals surface area contributed by atoms with Gasteiger partial charge in [0.15, 0.2) is 0 Å². The molecule has 0 radical (unpaired) electrons. The molecule has 4 aromatic carbocycles. The number of rotatable bonds is 5. The Hall–Kier alpha value is -4.60. The topological polar surface area (TPSA) is 25.8 Å². The van der Waals surface area contributed by atoms with E-state index >= 15 is 0 Å². The second kappa shape index (κ2) is 11.3. The largest absolute Gasteiger partial charge is 0.252 e. The second-order valence-corrected chi connectivity index (χ2v) is 10.9. The summed E-state index contributed by atoms with van der Waals surface area (Å²) in [5.74, 6) is 0.0985. The fraction of sp³-hybridized carbons (Fsp3) is 0.0811. The Bertz CT molecular complexity index is 1980. The van der Waals surface area contributed by atoms with Crippen molar-refractivity contribution >= 4 is 59.6 Å². The zero-order valence-electron chi connectivity index (χ0n) is 22.7. The number of hydrogen-bond acceptors (Lipinski definition) is 3. The predicted molar refractivity (Wildman–Crippen MR) is 174 cm³/mol. The van der Waals surface area contributed by atoms with Gasteiger partial charge in [0.2, 0.25) is 0 Å². The summed E-state index contributed by atoms with van der Waals surface area (Å²) in [6, 6.07) is 31.9. The van der Waals surface area contributed by atoms with Crippen LogP contribution in [-0.2, 0) is 0 Å². The van der Waals surface area contributed by atoms with Crippen molar-refractivity contribution in [3.8, 4) is 0 Å². The average molecular weight is 535 g/mol. The fourth-order valence-electron chi connectivity index (χ4n) is 5.17. The van der Waals surface area contributed by atoms with Crippen LogP contribution in [0.5, 0.6) is 0 Å². The minimum Gasteiger partial charge on any atom is -0.252 e. The zero-order chi connectivity index (χ0) is 27.5. The van der Waals surface area contributed by atoms with E-state index in [1.807, 2.05) is 12.3 Å². The third kappa shape index (κ3) is 4.92. The third-order valence-corrected chi connectivity index (χ3v) is 8.37. The van der Waals surface area contributed by atoms with Gasteiger partial charge in [-0.15, -0.1) is 11.3 Å². The highest BCUT2D eigenvalue weighted by Crippen LogP contribution is 2.33. The Morgan fingerprint density at radius 2 is 1.43 bits per heavy atom. The van der Waals surface area contributed by atoms with E-state index in [0.29, 0.717) is 0 Å². The summed E-state index contributed by atoms with van der Waals surface area (Å²) in [7, 11) is 0. The molecule has 6 rings (SSSR count). The summed E-state index contributed by atoms with van der Waals surface area (Å²) in [6.45, 7) is 8.41. The maximum absolute atomic E-state index is 5.14. The average Bonchev–Trinajstić information content (AvgIpc) is 3.08. The van der Waals surface area contributed by atoms with Crippen LogP contribution in [0.15, 0.2) is 133 Å². The summed E-state index contributed by atoms with van der Waals surface area (Å²) < 4.78 is 1.25. The number of hydrogen-bond donors (Lipinski definition) is 0. The molecule has 6 aromatic rings. The number of fused-ring (bicyclic) bond motifs is 7. The number of benzene rings is 4. The van der Waals surface area contributed by atoms with E-state index in [1.165, 1.54) is 26.4 Å². The summed E-state index contributed by atoms with van der Waals surface area (Å²) in [4.78, 5) is 10.0. The molecular formula is C37H30N2S. The lowest BCUT2D eigenvalue weighted by molar-refractivity contribution is 0.906. The van der Waals surface area contributed by atoms with Gasteiger partial charge >= 0.3 is 0 Å². The summed E-state index contributed by atoms with van der Waals surface area (Å²) in [6.07, 6.45) is 10.2. The molecule has 0 saturated carbocycles. The molecule has 3 heteroatoms. The molecule has 1 unspecified atom stereocenters. The molecule has 0 aliphatic carbocycles. The third-order valence-electron chi connectivity index (χ3n) is 7.39. The van der Waals surface area contributed by atoms with Gasteiger partial charge in [0.1, 0.15) is 0 Å². The van der Waals surface area contributed by atoms with Crippen LogP contribution in [0.3, 0.4) is 0 Å². The van der Waals surface area contributed by atoms with E-state index in [-0.39, 0.29) is 5.92 Å². The molecule has 0 amide bonds. The molecular weight excluding hydrogens is 504 g/mol. The van der Waals surface area contributed by atoms with Gasteiger partial charge in [-0.1, -0.05) is 123 Å². The van der Waals surface area contributed by atoms with Crippen molar-refractivity contribution in [1.29, 1.82) is 0 Å². The van der Waals surface area contributed by atoms with Crippen LogP contribution in [0.1, 0.15) is 29.7 Å². The molecule has 2 nitrogen and oxygen atoms in total. The van der Waals surface area contributed by atoms with Gasteiger partial charge < -0.3 is 0 Å². The van der Waals surface area contributed by atoms with E-state index in [4.69, 9.17) is 9.97 Å². The van der Waals surface area contributed by atoms with Gasteiger partial charge in [0.05, 0.1) is 16.7 Å². The number of allylic oxidation sites excluding steroid dienone is 5. The maximum Gasteiger partial charge on any atom is 0.0975 e. The minimum atomic E-state index is 0.0985. The molecule has 0 spiro atoms. The predicted octanol–water partition coefficient (Wildman–Crippen LogP) is 10.5. The van der Waals surface area contributed by atoms with Crippen LogP contribution in [-0.4, -0.2) is 9.97 Å². The first kappa shape index (κ1) is 25.7. The van der Waals surface area contributed by atoms with Crippen molar-refractivity contribution in [2.45, 2.75) is 19.8 Å². The van der Waals surface area contributed by atoms with Gasteiger partial charge in [-0.2, -0.15) is 0 Å². The highest BCUT2D eigenvalue weighted by atomic mass is 32.1. The van der Waals surface area contributed by atoms with Crippen LogP contribution in [0.2, 0.25) is 0 Å². The number of nitrogens with zero attached hydrogens (tertiary/aromatic N) is 2. The first-order chi connectivity index (χ1) is 19.6. The van der Waals surface area contributed by atoms with E-state index < -0.39 is 0 Å². The number of aryl methyl sites for hydroxylation is 1. The lowest BCUT2D eigenvalue weighted by atomic mass is 9.99. The molecule has 0 N–H and O–H groups in total. The van der Waals surface area contributed by atoms with E-state index in [0.717, 1.165) is 38.6 Å². The van der Waals surface area contributed by atoms with Crippen molar-refractivity contribution in [3.63, 3.8) is 0 Å². The Morgan fingerprint density at radius 1 is 0.775 bits per heavy atom. The fourth-order valence-corrected chi connectivity index (χ4v) is 6.16. The maximum atomic E-state index is 5.14. The quantitative estimate of drug-likeness (QED) is 0.162. The summed E-state index contributed by atoms with van der Waals surface area (Å²) in [5, 5.41) is 8.17. The highest BCUT2D eigenvalue weighted by Gasteiger charge is 2.12. The molecule has 0 fully saturated rings. The SMILES string of the molecule is C=C/C(=C\C=C/C(C)c1cnc2c3ccccc3c3ccccc3c2n1)c1cccc(C)c2ccccc2sc1. The summed E-state index contributed by atoms with van der Waals surface area (Å²) in [5.41, 5.74) is 6.30. The van der Waals surface area contributed by atoms with Crippen molar-refractivity contribution in [3.05, 3.63) is 150 Å². The van der Waals surface area contributed by atoms with Crippen molar-refractivity contribution in [2.24, 2.45) is 0 Å². The van der Waals surface area contributed by atoms with E-state index in [9.17, 15) is 0 Å². The van der Waals surface area contributed by atoms with Crippen molar-refractivity contribution in [1.82, 2.24) is 9.97 Å². The lowest BCUT2D eigenvalue weighted by Gasteiger charge is -2.11. The molecule has 0 aliphatic heterocycles. The standard InChI is InChI=1S/C37H30N2S/c1-4-27(28-16-11-13-25(2)29-17-9-10-22-35(29)40-24-28)15-12-14-26(3)34-23-38-36-32-20-7-5-18-30(32)31-19-6-8-21-33(31)37(36)39-34/h4-24,26H,1H2,2-3H3/b14-12-,16-11?,25-13?,27-15+,28-24?. The van der Waals surface area contributed by atoms with Gasteiger partial charge in [-0.25, -0.2) is 4.98 Å². The molecule has 194 valence electrons. The van der Waals surface area contributed by atoms with Crippen LogP contribution in [0.25, 0.3) is 48.2 Å². The van der Waals surface area contributed by atoms with Gasteiger partial charge in [0.25, 0.3) is 0 Å². The first-order valence-electron chi connectivity index (χ1n) is 13.5. The summed E-state index contributed by atoms with van der Waals surface area (Å²) >= 11 is 1.75. The van der Waals surface area contributed by atoms with Gasteiger partial charge in [-0.3, -0.25) is 4.98 Å². The van der Waals surface area contributed by atoms with Gasteiger partial charge in [-0.05, 0) is 51.2 Å². The number of aromatic nitrogens is 2. The zero-order valence-corrected chi connectivity index (χ0v) is 23.5. The Kier molecular flexibility index (Phi) is 7.22. The van der Waals surface area contributed by atoms with Crippen LogP contribution in [0, 0.1) is 6.92 Å². The second-order valence-electron chi connectivity index (χ2n) is 9.98. The van der Waals surface area contributed by atoms with Crippen LogP contribution in [0.4, 0.5) is 0 Å². The monoisotopic (exact) mass is 534 g/mol. The molecule has 2 aromatic heterocycles. The van der Waals surface area contributed by atoms with Crippen molar-refractivity contribution in [2.75, 3.05) is 0 Å². The molecule has 1 atom stereocenters. The van der Waals surface area contributed by atoms with Crippen LogP contribution < -0.4 is 0 Å². The lowest BCUT2D eigenvalue weighted by Crippen LogP contribution is -1.97. The Balaban J connectivity index is 1.36. The molecule has 40 heavy (non-hydrogen) atoms. The smallest absolute Gasteiger partial charge is 0.0975 e. The Morgan fingerprint density at radius 3 is 2.15 bits per heavy atom. The van der Waals surface area contributed by atoms with Crippen molar-refractivity contribution < 1.29 is 0 Å². The first-order valence-corrected chi connectivity index (χ1v) is 14.4. The van der Waals surface area contributed by atoms with Gasteiger partial charge in [0, 0.05) is 27.6 Å². The van der Waals surface area contributed by atoms with Crippen LogP contribution >= 0.6 is 11.3 Å². The minimum absolute atomic E-state index is 0.0985. The molecule has 0 bridgehead atoms. The highest BCUT2D eigenvalue weighted by molar-refractivity contribution is 7.16. The van der Waals surface area contributed by atoms with E-state index in [2.05, 4.69) is 135 Å². The molecule has 0 saturated heterocycles. The molecule has 2 heterocycles. The normalized spacial score (nSPS) is 12.8.